The highest BCUT2D eigenvalue weighted by Crippen LogP contribution is 2.26. The Morgan fingerprint density at radius 1 is 1.05 bits per heavy atom. The summed E-state index contributed by atoms with van der Waals surface area (Å²) in [5.74, 6) is -0.214. The minimum atomic E-state index is -0.736. The second-order valence-corrected chi connectivity index (χ2v) is 9.53. The molecular weight excluding hydrogens is 516 g/mol. The third kappa shape index (κ3) is 5.68. The fourth-order valence-electron chi connectivity index (χ4n) is 3.76. The summed E-state index contributed by atoms with van der Waals surface area (Å²) in [7, 11) is 2.92. The van der Waals surface area contributed by atoms with Crippen LogP contribution >= 0.6 is 23.4 Å². The molecule has 0 spiro atoms. The Balaban J connectivity index is 1.63. The van der Waals surface area contributed by atoms with Crippen LogP contribution in [0.4, 0.5) is 5.82 Å². The van der Waals surface area contributed by atoms with Crippen molar-refractivity contribution >= 4 is 35.0 Å². The van der Waals surface area contributed by atoms with Crippen molar-refractivity contribution in [1.82, 2.24) is 23.9 Å². The first kappa shape index (κ1) is 26.4. The van der Waals surface area contributed by atoms with Gasteiger partial charge in [-0.15, -0.1) is 10.2 Å². The highest BCUT2D eigenvalue weighted by Gasteiger charge is 2.23. The number of methoxy groups -OCH3 is 1. The molecule has 4 rings (SSSR count). The summed E-state index contributed by atoms with van der Waals surface area (Å²) in [6.07, 6.45) is 0. The number of carbonyl (C=O) groups is 1. The summed E-state index contributed by atoms with van der Waals surface area (Å²) in [5, 5.41) is 9.61. The molecule has 0 radical (unpaired) electrons. The molecule has 0 aliphatic carbocycles. The van der Waals surface area contributed by atoms with E-state index in [-0.39, 0.29) is 23.7 Å². The summed E-state index contributed by atoms with van der Waals surface area (Å²) < 4.78 is 9.19. The van der Waals surface area contributed by atoms with Crippen LogP contribution in [-0.4, -0.2) is 49.2 Å². The SMILES string of the molecule is COCCn1c(SCC(=O)c2c(N)n(Cc3ccccc3)c(=O)n(C)c2=O)nnc1-c1ccc(Cl)cc1. The van der Waals surface area contributed by atoms with Gasteiger partial charge in [-0.1, -0.05) is 53.7 Å². The molecule has 10 nitrogen and oxygen atoms in total. The number of ether oxygens (including phenoxy) is 1. The van der Waals surface area contributed by atoms with Crippen LogP contribution in [-0.2, 0) is 24.9 Å². The molecule has 0 atom stereocenters. The fraction of sp³-hybridized carbons (Fsp3) is 0.240. The zero-order valence-electron chi connectivity index (χ0n) is 20.3. The number of anilines is 1. The van der Waals surface area contributed by atoms with Crippen LogP contribution in [0.5, 0.6) is 0 Å². The Morgan fingerprint density at radius 3 is 2.43 bits per heavy atom. The summed E-state index contributed by atoms with van der Waals surface area (Å²) in [5.41, 5.74) is 6.27. The molecule has 2 heterocycles. The van der Waals surface area contributed by atoms with Gasteiger partial charge >= 0.3 is 5.69 Å². The van der Waals surface area contributed by atoms with Crippen molar-refractivity contribution in [2.45, 2.75) is 18.2 Å². The molecule has 4 aromatic rings. The fourth-order valence-corrected chi connectivity index (χ4v) is 4.72. The number of nitrogens with two attached hydrogens (primary N) is 1. The normalized spacial score (nSPS) is 11.1. The number of benzene rings is 2. The number of rotatable bonds is 10. The largest absolute Gasteiger partial charge is 0.384 e. The van der Waals surface area contributed by atoms with E-state index >= 15 is 0 Å². The van der Waals surface area contributed by atoms with E-state index in [1.165, 1.54) is 11.6 Å². The number of nitrogen functional groups attached to an aromatic ring is 1. The maximum absolute atomic E-state index is 13.2. The second-order valence-electron chi connectivity index (χ2n) is 8.15. The van der Waals surface area contributed by atoms with Crippen molar-refractivity contribution in [3.63, 3.8) is 0 Å². The quantitative estimate of drug-likeness (QED) is 0.240. The van der Waals surface area contributed by atoms with Crippen molar-refractivity contribution in [2.24, 2.45) is 7.05 Å². The van der Waals surface area contributed by atoms with Gasteiger partial charge in [-0.3, -0.25) is 23.3 Å². The van der Waals surface area contributed by atoms with Crippen LogP contribution in [0.25, 0.3) is 11.4 Å². The minimum Gasteiger partial charge on any atom is -0.384 e. The number of carbonyl (C=O) groups excluding carboxylic acids is 1. The zero-order valence-corrected chi connectivity index (χ0v) is 21.8. The highest BCUT2D eigenvalue weighted by atomic mass is 35.5. The molecule has 0 amide bonds. The van der Waals surface area contributed by atoms with Gasteiger partial charge in [-0.2, -0.15) is 0 Å². The molecule has 0 aliphatic heterocycles. The number of halogens is 1. The third-order valence-corrected chi connectivity index (χ3v) is 6.94. The van der Waals surface area contributed by atoms with E-state index in [9.17, 15) is 14.4 Å². The molecule has 0 bridgehead atoms. The molecule has 0 unspecified atom stereocenters. The van der Waals surface area contributed by atoms with Gasteiger partial charge in [0.15, 0.2) is 16.8 Å². The molecule has 0 saturated carbocycles. The van der Waals surface area contributed by atoms with Crippen LogP contribution in [0.15, 0.2) is 69.3 Å². The smallest absolute Gasteiger partial charge is 0.332 e. The Labute approximate surface area is 221 Å². The standard InChI is InChI=1S/C25H25ClN6O4S/c1-30-23(34)20(21(27)32(25(30)35)14-16-6-4-3-5-7-16)19(33)15-37-24-29-28-22(31(24)12-13-36-2)17-8-10-18(26)11-9-17/h3-11H,12-15,27H2,1-2H3. The number of thioether (sulfide) groups is 1. The second kappa shape index (κ2) is 11.6. The van der Waals surface area contributed by atoms with Crippen molar-refractivity contribution in [1.29, 1.82) is 0 Å². The van der Waals surface area contributed by atoms with E-state index in [1.54, 1.807) is 19.2 Å². The number of hydrogen-bond acceptors (Lipinski definition) is 8. The lowest BCUT2D eigenvalue weighted by molar-refractivity contribution is 0.102. The van der Waals surface area contributed by atoms with E-state index in [4.69, 9.17) is 22.1 Å². The van der Waals surface area contributed by atoms with Gasteiger partial charge in [-0.25, -0.2) is 4.79 Å². The van der Waals surface area contributed by atoms with Gasteiger partial charge in [0.1, 0.15) is 11.4 Å². The number of hydrogen-bond donors (Lipinski definition) is 1. The predicted octanol–water partition coefficient (Wildman–Crippen LogP) is 2.71. The first-order valence-electron chi connectivity index (χ1n) is 11.3. The van der Waals surface area contributed by atoms with Crippen LogP contribution in [0, 0.1) is 0 Å². The molecule has 12 heteroatoms. The maximum Gasteiger partial charge on any atom is 0.332 e. The van der Waals surface area contributed by atoms with Crippen molar-refractivity contribution in [3.8, 4) is 11.4 Å². The number of aromatic nitrogens is 5. The van der Waals surface area contributed by atoms with Gasteiger partial charge in [0.05, 0.1) is 25.4 Å². The van der Waals surface area contributed by atoms with E-state index in [2.05, 4.69) is 10.2 Å². The average Bonchev–Trinajstić information content (AvgIpc) is 3.31. The monoisotopic (exact) mass is 540 g/mol. The summed E-state index contributed by atoms with van der Waals surface area (Å²) in [4.78, 5) is 38.9. The number of ketones is 1. The highest BCUT2D eigenvalue weighted by molar-refractivity contribution is 7.99. The van der Waals surface area contributed by atoms with E-state index in [1.807, 2.05) is 47.0 Å². The van der Waals surface area contributed by atoms with Gasteiger partial charge in [-0.05, 0) is 29.8 Å². The molecule has 0 fully saturated rings. The lowest BCUT2D eigenvalue weighted by Crippen LogP contribution is -2.43. The molecule has 0 saturated heterocycles. The Bertz CT molecular complexity index is 1530. The Morgan fingerprint density at radius 2 is 1.76 bits per heavy atom. The Kier molecular flexibility index (Phi) is 8.27. The number of nitrogens with zero attached hydrogens (tertiary/aromatic N) is 5. The van der Waals surface area contributed by atoms with Crippen LogP contribution in [0.1, 0.15) is 15.9 Å². The lowest BCUT2D eigenvalue weighted by atomic mass is 10.2. The summed E-state index contributed by atoms with van der Waals surface area (Å²) in [6.45, 7) is 0.977. The average molecular weight is 541 g/mol. The molecule has 192 valence electrons. The number of Topliss-reactive ketones (excluding diaryl/α,β-unsaturated/α-hetero) is 1. The third-order valence-electron chi connectivity index (χ3n) is 5.72. The topological polar surface area (TPSA) is 127 Å². The van der Waals surface area contributed by atoms with Crippen LogP contribution in [0.2, 0.25) is 5.02 Å². The van der Waals surface area contributed by atoms with Gasteiger partial charge in [0.25, 0.3) is 5.56 Å². The van der Waals surface area contributed by atoms with Crippen LogP contribution in [0.3, 0.4) is 0 Å². The Hall–Kier alpha value is -3.67. The molecule has 0 aliphatic rings. The van der Waals surface area contributed by atoms with Crippen molar-refractivity contribution in [2.75, 3.05) is 25.2 Å². The van der Waals surface area contributed by atoms with Gasteiger partial charge in [0.2, 0.25) is 0 Å². The first-order valence-corrected chi connectivity index (χ1v) is 12.7. The van der Waals surface area contributed by atoms with E-state index < -0.39 is 17.0 Å². The maximum atomic E-state index is 13.2. The van der Waals surface area contributed by atoms with E-state index in [0.29, 0.717) is 29.2 Å². The molecule has 37 heavy (non-hydrogen) atoms. The zero-order chi connectivity index (χ0) is 26.5. The first-order chi connectivity index (χ1) is 17.8. The molecule has 2 aromatic heterocycles. The molecular formula is C25H25ClN6O4S. The van der Waals surface area contributed by atoms with Gasteiger partial charge < -0.3 is 10.5 Å². The summed E-state index contributed by atoms with van der Waals surface area (Å²) >= 11 is 7.13. The minimum absolute atomic E-state index is 0.128. The van der Waals surface area contributed by atoms with E-state index in [0.717, 1.165) is 27.5 Å². The van der Waals surface area contributed by atoms with Crippen molar-refractivity contribution in [3.05, 3.63) is 91.6 Å². The molecule has 2 aromatic carbocycles. The lowest BCUT2D eigenvalue weighted by Gasteiger charge is -2.15. The van der Waals surface area contributed by atoms with Gasteiger partial charge in [0, 0.05) is 24.7 Å². The predicted molar refractivity (Wildman–Crippen MR) is 143 cm³/mol. The van der Waals surface area contributed by atoms with Crippen LogP contribution < -0.4 is 17.0 Å². The van der Waals surface area contributed by atoms with Crippen molar-refractivity contribution < 1.29 is 9.53 Å². The summed E-state index contributed by atoms with van der Waals surface area (Å²) in [6, 6.07) is 16.4. The molecule has 2 N–H and O–H groups in total.